The number of imide groups is 1. The molecule has 2 aromatic carbocycles. The van der Waals surface area contributed by atoms with E-state index >= 15 is 0 Å². The number of halogens is 1. The normalized spacial score (nSPS) is 15.0. The van der Waals surface area contributed by atoms with Crippen LogP contribution in [0.15, 0.2) is 53.4 Å². The number of benzene rings is 2. The number of ether oxygens (including phenoxy) is 1. The van der Waals surface area contributed by atoms with Gasteiger partial charge in [-0.1, -0.05) is 31.2 Å². The SMILES string of the molecule is CCCNC(=O)CN1C(=O)S/C(=C\c2ccc(OCc3cccc(F)c3)cc2)C1=O. The van der Waals surface area contributed by atoms with Crippen molar-refractivity contribution in [2.24, 2.45) is 0 Å². The molecule has 1 saturated heterocycles. The van der Waals surface area contributed by atoms with Crippen molar-refractivity contribution in [1.29, 1.82) is 0 Å². The van der Waals surface area contributed by atoms with Gasteiger partial charge in [-0.2, -0.15) is 0 Å². The monoisotopic (exact) mass is 428 g/mol. The van der Waals surface area contributed by atoms with Gasteiger partial charge in [-0.05, 0) is 59.7 Å². The van der Waals surface area contributed by atoms with Crippen LogP contribution in [-0.2, 0) is 16.2 Å². The first-order valence-corrected chi connectivity index (χ1v) is 10.3. The molecule has 1 aliphatic rings. The van der Waals surface area contributed by atoms with E-state index < -0.39 is 11.1 Å². The highest BCUT2D eigenvalue weighted by Gasteiger charge is 2.36. The van der Waals surface area contributed by atoms with Crippen molar-refractivity contribution in [2.45, 2.75) is 20.0 Å². The minimum absolute atomic E-state index is 0.232. The summed E-state index contributed by atoms with van der Waals surface area (Å²) in [5.41, 5.74) is 1.43. The van der Waals surface area contributed by atoms with Gasteiger partial charge in [0.15, 0.2) is 0 Å². The molecule has 1 heterocycles. The molecule has 0 saturated carbocycles. The largest absolute Gasteiger partial charge is 0.489 e. The van der Waals surface area contributed by atoms with Crippen LogP contribution < -0.4 is 10.1 Å². The molecule has 0 aromatic heterocycles. The molecule has 3 amide bonds. The zero-order valence-electron chi connectivity index (χ0n) is 16.4. The van der Waals surface area contributed by atoms with Crippen molar-refractivity contribution in [1.82, 2.24) is 10.2 Å². The first kappa shape index (κ1) is 21.6. The van der Waals surface area contributed by atoms with E-state index in [1.165, 1.54) is 12.1 Å². The number of carbonyl (C=O) groups excluding carboxylic acids is 3. The fraction of sp³-hybridized carbons (Fsp3) is 0.227. The Kier molecular flexibility index (Phi) is 7.24. The summed E-state index contributed by atoms with van der Waals surface area (Å²) in [6, 6.07) is 13.1. The molecule has 2 aromatic rings. The van der Waals surface area contributed by atoms with Gasteiger partial charge < -0.3 is 10.1 Å². The third-order valence-electron chi connectivity index (χ3n) is 4.22. The Morgan fingerprint density at radius 3 is 2.67 bits per heavy atom. The van der Waals surface area contributed by atoms with Gasteiger partial charge in [-0.25, -0.2) is 4.39 Å². The zero-order valence-corrected chi connectivity index (χ0v) is 17.2. The lowest BCUT2D eigenvalue weighted by molar-refractivity contribution is -0.129. The summed E-state index contributed by atoms with van der Waals surface area (Å²) in [5, 5.41) is 2.18. The predicted molar refractivity (Wildman–Crippen MR) is 113 cm³/mol. The Morgan fingerprint density at radius 2 is 1.97 bits per heavy atom. The second-order valence-corrected chi connectivity index (χ2v) is 7.60. The number of rotatable bonds is 8. The predicted octanol–water partition coefficient (Wildman–Crippen LogP) is 3.97. The van der Waals surface area contributed by atoms with E-state index in [0.29, 0.717) is 17.9 Å². The molecule has 3 rings (SSSR count). The Hall–Kier alpha value is -3.13. The number of hydrogen-bond acceptors (Lipinski definition) is 5. The fourth-order valence-electron chi connectivity index (χ4n) is 2.71. The van der Waals surface area contributed by atoms with Crippen LogP contribution >= 0.6 is 11.8 Å². The van der Waals surface area contributed by atoms with Gasteiger partial charge in [-0.15, -0.1) is 0 Å². The van der Waals surface area contributed by atoms with E-state index in [9.17, 15) is 18.8 Å². The van der Waals surface area contributed by atoms with Crippen molar-refractivity contribution >= 4 is 34.9 Å². The quantitative estimate of drug-likeness (QED) is 0.644. The van der Waals surface area contributed by atoms with Crippen LogP contribution in [0.5, 0.6) is 5.75 Å². The summed E-state index contributed by atoms with van der Waals surface area (Å²) < 4.78 is 18.8. The number of carbonyl (C=O) groups is 3. The summed E-state index contributed by atoms with van der Waals surface area (Å²) >= 11 is 0.807. The lowest BCUT2D eigenvalue weighted by Crippen LogP contribution is -2.39. The molecule has 8 heteroatoms. The average Bonchev–Trinajstić information content (AvgIpc) is 2.99. The molecule has 6 nitrogen and oxygen atoms in total. The molecule has 0 bridgehead atoms. The summed E-state index contributed by atoms with van der Waals surface area (Å²) in [6.45, 7) is 2.37. The van der Waals surface area contributed by atoms with Gasteiger partial charge in [0.2, 0.25) is 5.91 Å². The van der Waals surface area contributed by atoms with Gasteiger partial charge >= 0.3 is 0 Å². The summed E-state index contributed by atoms with van der Waals surface area (Å²) in [5.74, 6) is -0.566. The second kappa shape index (κ2) is 10.1. The number of thioether (sulfide) groups is 1. The molecule has 0 unspecified atom stereocenters. The van der Waals surface area contributed by atoms with Crippen molar-refractivity contribution in [3.8, 4) is 5.75 Å². The highest BCUT2D eigenvalue weighted by Crippen LogP contribution is 2.32. The second-order valence-electron chi connectivity index (χ2n) is 6.61. The van der Waals surface area contributed by atoms with Crippen LogP contribution in [0, 0.1) is 5.82 Å². The number of nitrogens with zero attached hydrogens (tertiary/aromatic N) is 1. The Labute approximate surface area is 178 Å². The standard InChI is InChI=1S/C22H21FN2O4S/c1-2-10-24-20(26)13-25-21(27)19(30-22(25)28)12-15-6-8-18(9-7-15)29-14-16-4-3-5-17(23)11-16/h3-9,11-12H,2,10,13-14H2,1H3,(H,24,26)/b19-12-. The molecule has 30 heavy (non-hydrogen) atoms. The van der Waals surface area contributed by atoms with Gasteiger partial charge in [0.1, 0.15) is 24.7 Å². The molecule has 0 atom stereocenters. The van der Waals surface area contributed by atoms with Crippen molar-refractivity contribution in [2.75, 3.05) is 13.1 Å². The van der Waals surface area contributed by atoms with E-state index in [1.807, 2.05) is 6.92 Å². The number of amides is 3. The van der Waals surface area contributed by atoms with Crippen molar-refractivity contribution in [3.05, 3.63) is 70.4 Å². The minimum atomic E-state index is -0.483. The van der Waals surface area contributed by atoms with Crippen LogP contribution in [0.2, 0.25) is 0 Å². The maximum atomic E-state index is 13.2. The zero-order chi connectivity index (χ0) is 21.5. The van der Waals surface area contributed by atoms with Crippen molar-refractivity contribution in [3.63, 3.8) is 0 Å². The molecule has 0 spiro atoms. The van der Waals surface area contributed by atoms with Crippen LogP contribution in [0.3, 0.4) is 0 Å². The van der Waals surface area contributed by atoms with Crippen LogP contribution in [0.1, 0.15) is 24.5 Å². The molecule has 1 aliphatic heterocycles. The smallest absolute Gasteiger partial charge is 0.294 e. The van der Waals surface area contributed by atoms with E-state index in [4.69, 9.17) is 4.74 Å². The van der Waals surface area contributed by atoms with E-state index in [-0.39, 0.29) is 29.8 Å². The average molecular weight is 428 g/mol. The maximum Gasteiger partial charge on any atom is 0.294 e. The third-order valence-corrected chi connectivity index (χ3v) is 5.13. The van der Waals surface area contributed by atoms with Gasteiger partial charge in [0, 0.05) is 6.54 Å². The summed E-state index contributed by atoms with van der Waals surface area (Å²) in [4.78, 5) is 37.6. The van der Waals surface area contributed by atoms with Crippen molar-refractivity contribution < 1.29 is 23.5 Å². The first-order chi connectivity index (χ1) is 14.5. The van der Waals surface area contributed by atoms with E-state index in [2.05, 4.69) is 5.32 Å². The molecule has 156 valence electrons. The van der Waals surface area contributed by atoms with Gasteiger partial charge in [0.25, 0.3) is 11.1 Å². The van der Waals surface area contributed by atoms with Gasteiger partial charge in [0.05, 0.1) is 4.91 Å². The molecule has 1 fully saturated rings. The Balaban J connectivity index is 1.60. The topological polar surface area (TPSA) is 75.7 Å². The van der Waals surface area contributed by atoms with Crippen LogP contribution in [-0.4, -0.2) is 35.0 Å². The number of nitrogens with one attached hydrogen (secondary N) is 1. The summed E-state index contributed by atoms with van der Waals surface area (Å²) in [7, 11) is 0. The first-order valence-electron chi connectivity index (χ1n) is 9.45. The van der Waals surface area contributed by atoms with Gasteiger partial charge in [-0.3, -0.25) is 19.3 Å². The molecule has 0 aliphatic carbocycles. The fourth-order valence-corrected chi connectivity index (χ4v) is 3.54. The van der Waals surface area contributed by atoms with Crippen LogP contribution in [0.25, 0.3) is 6.08 Å². The van der Waals surface area contributed by atoms with E-state index in [0.717, 1.165) is 28.6 Å². The lowest BCUT2D eigenvalue weighted by atomic mass is 10.2. The highest BCUT2D eigenvalue weighted by atomic mass is 32.2. The Bertz CT molecular complexity index is 975. The highest BCUT2D eigenvalue weighted by molar-refractivity contribution is 8.18. The molecular weight excluding hydrogens is 407 g/mol. The summed E-state index contributed by atoms with van der Waals surface area (Å²) in [6.07, 6.45) is 2.38. The van der Waals surface area contributed by atoms with Crippen LogP contribution in [0.4, 0.5) is 9.18 Å². The van der Waals surface area contributed by atoms with E-state index in [1.54, 1.807) is 42.5 Å². The molecule has 1 N–H and O–H groups in total. The Morgan fingerprint density at radius 1 is 1.20 bits per heavy atom. The number of hydrogen-bond donors (Lipinski definition) is 1. The minimum Gasteiger partial charge on any atom is -0.489 e. The molecular formula is C22H21FN2O4S. The maximum absolute atomic E-state index is 13.2. The third kappa shape index (κ3) is 5.70. The molecule has 0 radical (unpaired) electrons. The lowest BCUT2D eigenvalue weighted by Gasteiger charge is -2.11.